The van der Waals surface area contributed by atoms with Crippen LogP contribution in [0, 0.1) is 0 Å². The van der Waals surface area contributed by atoms with Gasteiger partial charge in [-0.25, -0.2) is 4.79 Å². The standard InChI is InChI=1S/C33H62F3NO2/c1-3-5-7-9-11-13-15-16-17-18-19-20-22-24-26-28-30-39-32(38)37(31-33(34,35)36)29-27-25-23-21-14-12-10-8-6-4-2/h16-17H,3-15,18-31H2,1-2H3/b17-16-. The maximum Gasteiger partial charge on any atom is 0.410 e. The molecule has 0 rings (SSSR count). The van der Waals surface area contributed by atoms with Gasteiger partial charge in [-0.15, -0.1) is 0 Å². The van der Waals surface area contributed by atoms with Crippen LogP contribution in [-0.2, 0) is 4.74 Å². The Balaban J connectivity index is 3.77. The van der Waals surface area contributed by atoms with Crippen molar-refractivity contribution in [1.29, 1.82) is 0 Å². The fraction of sp³-hybridized carbons (Fsp3) is 0.909. The van der Waals surface area contributed by atoms with Gasteiger partial charge in [-0.05, 0) is 38.5 Å². The van der Waals surface area contributed by atoms with Crippen LogP contribution in [0.15, 0.2) is 12.2 Å². The molecule has 0 aromatic heterocycles. The van der Waals surface area contributed by atoms with Crippen LogP contribution in [0.1, 0.15) is 168 Å². The van der Waals surface area contributed by atoms with E-state index in [4.69, 9.17) is 4.74 Å². The van der Waals surface area contributed by atoms with Gasteiger partial charge in [0.15, 0.2) is 0 Å². The highest BCUT2D eigenvalue weighted by atomic mass is 19.4. The lowest BCUT2D eigenvalue weighted by molar-refractivity contribution is -0.142. The second kappa shape index (κ2) is 28.3. The maximum atomic E-state index is 13.0. The molecule has 0 aliphatic carbocycles. The topological polar surface area (TPSA) is 29.5 Å². The van der Waals surface area contributed by atoms with E-state index in [1.54, 1.807) is 0 Å². The number of hydrogen-bond acceptors (Lipinski definition) is 2. The summed E-state index contributed by atoms with van der Waals surface area (Å²) in [5.74, 6) is 0. The molecular formula is C33H62F3NO2. The number of ether oxygens (including phenoxy) is 1. The molecule has 0 aliphatic heterocycles. The summed E-state index contributed by atoms with van der Waals surface area (Å²) in [6, 6.07) is 0. The van der Waals surface area contributed by atoms with Crippen molar-refractivity contribution in [3.8, 4) is 0 Å². The zero-order chi connectivity index (χ0) is 28.9. The van der Waals surface area contributed by atoms with E-state index in [0.717, 1.165) is 49.8 Å². The van der Waals surface area contributed by atoms with Gasteiger partial charge in [0.05, 0.1) is 6.61 Å². The van der Waals surface area contributed by atoms with Crippen LogP contribution in [0.5, 0.6) is 0 Å². The fourth-order valence-electron chi connectivity index (χ4n) is 4.84. The van der Waals surface area contributed by atoms with E-state index < -0.39 is 18.8 Å². The van der Waals surface area contributed by atoms with Gasteiger partial charge in [0.2, 0.25) is 0 Å². The van der Waals surface area contributed by atoms with E-state index in [1.165, 1.54) is 96.3 Å². The van der Waals surface area contributed by atoms with E-state index in [0.29, 0.717) is 12.8 Å². The van der Waals surface area contributed by atoms with Crippen LogP contribution in [0.25, 0.3) is 0 Å². The lowest BCUT2D eigenvalue weighted by atomic mass is 10.1. The number of nitrogens with zero attached hydrogens (tertiary/aromatic N) is 1. The van der Waals surface area contributed by atoms with E-state index in [1.807, 2.05) is 0 Å². The Morgan fingerprint density at radius 1 is 0.590 bits per heavy atom. The smallest absolute Gasteiger partial charge is 0.410 e. The summed E-state index contributed by atoms with van der Waals surface area (Å²) in [7, 11) is 0. The third-order valence-electron chi connectivity index (χ3n) is 7.29. The Kier molecular flexibility index (Phi) is 27.5. The van der Waals surface area contributed by atoms with Crippen LogP contribution in [0.2, 0.25) is 0 Å². The minimum absolute atomic E-state index is 0.113. The van der Waals surface area contributed by atoms with Gasteiger partial charge in [0.1, 0.15) is 6.54 Å². The monoisotopic (exact) mass is 561 g/mol. The van der Waals surface area contributed by atoms with Crippen molar-refractivity contribution in [1.82, 2.24) is 4.90 Å². The Hall–Kier alpha value is -1.20. The molecule has 0 aliphatic rings. The summed E-state index contributed by atoms with van der Waals surface area (Å²) in [6.07, 6.45) is 27.2. The molecule has 0 unspecified atom stereocenters. The molecule has 0 radical (unpaired) electrons. The van der Waals surface area contributed by atoms with Gasteiger partial charge in [-0.3, -0.25) is 4.90 Å². The second-order valence-electron chi connectivity index (χ2n) is 11.3. The number of carbonyl (C=O) groups is 1. The molecule has 0 bridgehead atoms. The molecule has 0 heterocycles. The van der Waals surface area contributed by atoms with Crippen molar-refractivity contribution < 1.29 is 22.7 Å². The van der Waals surface area contributed by atoms with Crippen LogP contribution in [0.3, 0.4) is 0 Å². The number of rotatable bonds is 28. The number of halogens is 3. The Morgan fingerprint density at radius 3 is 1.41 bits per heavy atom. The Morgan fingerprint density at radius 2 is 0.974 bits per heavy atom. The molecule has 0 aromatic rings. The van der Waals surface area contributed by atoms with Gasteiger partial charge in [0, 0.05) is 6.54 Å². The average molecular weight is 562 g/mol. The minimum Gasteiger partial charge on any atom is -0.449 e. The Labute approximate surface area is 239 Å². The highest BCUT2D eigenvalue weighted by Crippen LogP contribution is 2.18. The van der Waals surface area contributed by atoms with E-state index >= 15 is 0 Å². The largest absolute Gasteiger partial charge is 0.449 e. The fourth-order valence-corrected chi connectivity index (χ4v) is 4.84. The molecule has 0 spiro atoms. The molecule has 0 saturated heterocycles. The summed E-state index contributed by atoms with van der Waals surface area (Å²) in [6.45, 7) is 3.54. The quantitative estimate of drug-likeness (QED) is 0.0702. The SMILES string of the molecule is CCCCCCCC/C=C\CCCCCCCCOC(=O)N(CCCCCCCCCCCC)CC(F)(F)F. The zero-order valence-corrected chi connectivity index (χ0v) is 25.6. The predicted molar refractivity (Wildman–Crippen MR) is 160 cm³/mol. The van der Waals surface area contributed by atoms with Crippen molar-refractivity contribution in [3.05, 3.63) is 12.2 Å². The highest BCUT2D eigenvalue weighted by Gasteiger charge is 2.33. The summed E-state index contributed by atoms with van der Waals surface area (Å²) >= 11 is 0. The van der Waals surface area contributed by atoms with Crippen molar-refractivity contribution in [2.75, 3.05) is 19.7 Å². The third kappa shape index (κ3) is 29.6. The van der Waals surface area contributed by atoms with Crippen molar-refractivity contribution in [2.45, 2.75) is 174 Å². The van der Waals surface area contributed by atoms with Crippen LogP contribution in [0.4, 0.5) is 18.0 Å². The van der Waals surface area contributed by atoms with Crippen LogP contribution >= 0.6 is 0 Å². The third-order valence-corrected chi connectivity index (χ3v) is 7.29. The number of amides is 1. The second-order valence-corrected chi connectivity index (χ2v) is 11.3. The lowest BCUT2D eigenvalue weighted by Crippen LogP contribution is -2.40. The molecule has 232 valence electrons. The van der Waals surface area contributed by atoms with E-state index in [9.17, 15) is 18.0 Å². The number of allylic oxidation sites excluding steroid dienone is 2. The van der Waals surface area contributed by atoms with Gasteiger partial charge >= 0.3 is 12.3 Å². The Bertz CT molecular complexity index is 552. The molecule has 3 nitrogen and oxygen atoms in total. The van der Waals surface area contributed by atoms with E-state index in [-0.39, 0.29) is 13.2 Å². The van der Waals surface area contributed by atoms with Crippen LogP contribution < -0.4 is 0 Å². The van der Waals surface area contributed by atoms with Gasteiger partial charge in [-0.1, -0.05) is 142 Å². The first-order valence-corrected chi connectivity index (χ1v) is 16.5. The molecule has 1 amide bonds. The molecule has 0 atom stereocenters. The molecule has 0 aromatic carbocycles. The predicted octanol–water partition coefficient (Wildman–Crippen LogP) is 11.9. The number of alkyl halides is 3. The number of hydrogen-bond donors (Lipinski definition) is 0. The van der Waals surface area contributed by atoms with E-state index in [2.05, 4.69) is 26.0 Å². The molecule has 0 fully saturated rings. The van der Waals surface area contributed by atoms with Gasteiger partial charge < -0.3 is 4.74 Å². The van der Waals surface area contributed by atoms with Gasteiger partial charge in [-0.2, -0.15) is 13.2 Å². The maximum absolute atomic E-state index is 13.0. The first-order valence-electron chi connectivity index (χ1n) is 16.5. The normalized spacial score (nSPS) is 11.9. The molecule has 0 saturated carbocycles. The van der Waals surface area contributed by atoms with Crippen molar-refractivity contribution in [2.24, 2.45) is 0 Å². The summed E-state index contributed by atoms with van der Waals surface area (Å²) in [5, 5.41) is 0. The zero-order valence-electron chi connectivity index (χ0n) is 25.6. The summed E-state index contributed by atoms with van der Waals surface area (Å²) in [4.78, 5) is 13.1. The number of unbranched alkanes of at least 4 members (excludes halogenated alkanes) is 21. The van der Waals surface area contributed by atoms with Gasteiger partial charge in [0.25, 0.3) is 0 Å². The summed E-state index contributed by atoms with van der Waals surface area (Å²) < 4.78 is 44.1. The molecule has 0 N–H and O–H groups in total. The average Bonchev–Trinajstić information content (AvgIpc) is 2.90. The van der Waals surface area contributed by atoms with Crippen molar-refractivity contribution >= 4 is 6.09 Å². The first-order chi connectivity index (χ1) is 18.9. The highest BCUT2D eigenvalue weighted by molar-refractivity contribution is 5.67. The van der Waals surface area contributed by atoms with Crippen LogP contribution in [-0.4, -0.2) is 36.9 Å². The van der Waals surface area contributed by atoms with Crippen molar-refractivity contribution in [3.63, 3.8) is 0 Å². The molecule has 39 heavy (non-hydrogen) atoms. The lowest BCUT2D eigenvalue weighted by Gasteiger charge is -2.23. The molecule has 6 heteroatoms. The minimum atomic E-state index is -4.40. The first kappa shape index (κ1) is 37.8. The molecular weight excluding hydrogens is 499 g/mol. The number of carbonyl (C=O) groups excluding carboxylic acids is 1. The summed E-state index contributed by atoms with van der Waals surface area (Å²) in [5.41, 5.74) is 0.